The molecule has 1 amide bonds. The normalized spacial score (nSPS) is 11.6. The molecule has 0 aliphatic carbocycles. The molecule has 7 nitrogen and oxygen atoms in total. The van der Waals surface area contributed by atoms with Gasteiger partial charge in [-0.05, 0) is 55.8 Å². The van der Waals surface area contributed by atoms with Gasteiger partial charge in [-0.1, -0.05) is 30.3 Å². The average molecular weight is 493 g/mol. The monoisotopic (exact) mass is 492 g/mol. The summed E-state index contributed by atoms with van der Waals surface area (Å²) in [6.07, 6.45) is 3.37. The van der Waals surface area contributed by atoms with Gasteiger partial charge in [-0.25, -0.2) is 13.4 Å². The van der Waals surface area contributed by atoms with Crippen molar-refractivity contribution in [3.63, 3.8) is 0 Å². The fourth-order valence-electron chi connectivity index (χ4n) is 3.38. The van der Waals surface area contributed by atoms with Gasteiger partial charge in [-0.15, -0.1) is 11.3 Å². The van der Waals surface area contributed by atoms with Gasteiger partial charge in [0, 0.05) is 41.5 Å². The third kappa shape index (κ3) is 5.39. The topological polar surface area (TPSA) is 92.3 Å². The van der Waals surface area contributed by atoms with Crippen LogP contribution in [0.15, 0.2) is 89.4 Å². The van der Waals surface area contributed by atoms with E-state index in [9.17, 15) is 13.2 Å². The molecule has 1 N–H and O–H groups in total. The van der Waals surface area contributed by atoms with E-state index in [4.69, 9.17) is 0 Å². The van der Waals surface area contributed by atoms with Crippen LogP contribution in [0.5, 0.6) is 0 Å². The number of nitrogens with one attached hydrogen (secondary N) is 1. The fourth-order valence-corrected chi connectivity index (χ4v) is 5.72. The minimum Gasteiger partial charge on any atom is -0.298 e. The van der Waals surface area contributed by atoms with Crippen molar-refractivity contribution in [2.24, 2.45) is 0 Å². The molecule has 2 aromatic carbocycles. The fraction of sp³-hybridized carbons (Fsp3) is 0.160. The number of thiazole rings is 1. The van der Waals surface area contributed by atoms with Crippen molar-refractivity contribution in [3.8, 4) is 11.3 Å². The van der Waals surface area contributed by atoms with Crippen LogP contribution in [0, 0.1) is 0 Å². The van der Waals surface area contributed by atoms with Crippen molar-refractivity contribution in [1.29, 1.82) is 0 Å². The molecule has 0 aliphatic rings. The molecular formula is C25H24N4O3S2. The Balaban J connectivity index is 1.48. The summed E-state index contributed by atoms with van der Waals surface area (Å²) in [6, 6.07) is 18.9. The van der Waals surface area contributed by atoms with Crippen molar-refractivity contribution in [1.82, 2.24) is 14.3 Å². The predicted molar refractivity (Wildman–Crippen MR) is 134 cm³/mol. The van der Waals surface area contributed by atoms with Crippen LogP contribution in [0.3, 0.4) is 0 Å². The Labute approximate surface area is 203 Å². The number of nitrogens with zero attached hydrogens (tertiary/aromatic N) is 3. The highest BCUT2D eigenvalue weighted by Crippen LogP contribution is 2.25. The number of hydrogen-bond acceptors (Lipinski definition) is 6. The Hall–Kier alpha value is -3.40. The van der Waals surface area contributed by atoms with E-state index in [1.165, 1.54) is 39.9 Å². The van der Waals surface area contributed by atoms with Crippen LogP contribution in [0.25, 0.3) is 11.3 Å². The number of carbonyl (C=O) groups excluding carboxylic acids is 1. The van der Waals surface area contributed by atoms with E-state index in [2.05, 4.69) is 15.3 Å². The highest BCUT2D eigenvalue weighted by atomic mass is 32.2. The summed E-state index contributed by atoms with van der Waals surface area (Å²) in [6.45, 7) is 3.96. The van der Waals surface area contributed by atoms with Crippen molar-refractivity contribution in [3.05, 3.63) is 95.6 Å². The standard InChI is InChI=1S/C25H24N4O3S2/c1-18(2)29(16-19-6-4-3-5-7-19)34(31,32)22-10-8-21(9-11-22)24(30)28-25-27-23(17-33-25)20-12-14-26-15-13-20/h3-15,17-18H,16H2,1-2H3,(H,27,28,30). The van der Waals surface area contributed by atoms with Crippen molar-refractivity contribution >= 4 is 32.4 Å². The number of anilines is 1. The zero-order valence-electron chi connectivity index (χ0n) is 18.8. The molecule has 0 saturated carbocycles. The molecule has 0 spiro atoms. The molecule has 9 heteroatoms. The molecule has 4 aromatic rings. The van der Waals surface area contributed by atoms with Gasteiger partial charge < -0.3 is 0 Å². The molecule has 2 heterocycles. The van der Waals surface area contributed by atoms with Crippen LogP contribution in [0.4, 0.5) is 5.13 Å². The van der Waals surface area contributed by atoms with E-state index in [-0.39, 0.29) is 23.4 Å². The summed E-state index contributed by atoms with van der Waals surface area (Å²) >= 11 is 1.32. The van der Waals surface area contributed by atoms with Gasteiger partial charge in [0.15, 0.2) is 5.13 Å². The van der Waals surface area contributed by atoms with Crippen molar-refractivity contribution in [2.45, 2.75) is 31.3 Å². The minimum atomic E-state index is -3.74. The predicted octanol–water partition coefficient (Wildman–Crippen LogP) is 5.06. The smallest absolute Gasteiger partial charge is 0.257 e. The van der Waals surface area contributed by atoms with Gasteiger partial charge in [-0.3, -0.25) is 15.1 Å². The average Bonchev–Trinajstić information content (AvgIpc) is 3.32. The SMILES string of the molecule is CC(C)N(Cc1ccccc1)S(=O)(=O)c1ccc(C(=O)Nc2nc(-c3ccncc3)cs2)cc1. The third-order valence-electron chi connectivity index (χ3n) is 5.18. The maximum absolute atomic E-state index is 13.3. The second kappa shape index (κ2) is 10.3. The van der Waals surface area contributed by atoms with Gasteiger partial charge in [0.25, 0.3) is 5.91 Å². The van der Waals surface area contributed by atoms with Crippen LogP contribution >= 0.6 is 11.3 Å². The zero-order valence-corrected chi connectivity index (χ0v) is 20.4. The number of aromatic nitrogens is 2. The van der Waals surface area contributed by atoms with Gasteiger partial charge in [0.05, 0.1) is 10.6 Å². The first kappa shape index (κ1) is 23.7. The zero-order chi connectivity index (χ0) is 24.1. The van der Waals surface area contributed by atoms with E-state index in [1.807, 2.05) is 61.7 Å². The van der Waals surface area contributed by atoms with Crippen LogP contribution in [0.1, 0.15) is 29.8 Å². The highest BCUT2D eigenvalue weighted by molar-refractivity contribution is 7.89. The molecule has 0 radical (unpaired) electrons. The third-order valence-corrected chi connectivity index (χ3v) is 7.97. The Morgan fingerprint density at radius 3 is 2.32 bits per heavy atom. The molecule has 0 fully saturated rings. The summed E-state index contributed by atoms with van der Waals surface area (Å²) in [7, 11) is -3.74. The Bertz CT molecular complexity index is 1350. The Kier molecular flexibility index (Phi) is 7.16. The number of rotatable bonds is 8. The lowest BCUT2D eigenvalue weighted by Crippen LogP contribution is -2.36. The largest absolute Gasteiger partial charge is 0.298 e. The number of hydrogen-bond donors (Lipinski definition) is 1. The molecule has 34 heavy (non-hydrogen) atoms. The molecule has 0 aliphatic heterocycles. The van der Waals surface area contributed by atoms with Crippen LogP contribution < -0.4 is 5.32 Å². The van der Waals surface area contributed by atoms with E-state index in [1.54, 1.807) is 12.4 Å². The van der Waals surface area contributed by atoms with Gasteiger partial charge >= 0.3 is 0 Å². The summed E-state index contributed by atoms with van der Waals surface area (Å²) < 4.78 is 28.1. The number of amides is 1. The maximum atomic E-state index is 13.3. The first-order valence-electron chi connectivity index (χ1n) is 10.7. The quantitative estimate of drug-likeness (QED) is 0.371. The lowest BCUT2D eigenvalue weighted by Gasteiger charge is -2.26. The molecule has 4 rings (SSSR count). The number of sulfonamides is 1. The first-order chi connectivity index (χ1) is 16.3. The second-order valence-electron chi connectivity index (χ2n) is 7.88. The van der Waals surface area contributed by atoms with Gasteiger partial charge in [-0.2, -0.15) is 4.31 Å². The minimum absolute atomic E-state index is 0.142. The molecule has 0 bridgehead atoms. The molecule has 0 atom stereocenters. The van der Waals surface area contributed by atoms with Crippen molar-refractivity contribution in [2.75, 3.05) is 5.32 Å². The molecule has 0 unspecified atom stereocenters. The Morgan fingerprint density at radius 2 is 1.68 bits per heavy atom. The van der Waals surface area contributed by atoms with Crippen molar-refractivity contribution < 1.29 is 13.2 Å². The maximum Gasteiger partial charge on any atom is 0.257 e. The van der Waals surface area contributed by atoms with E-state index in [0.717, 1.165) is 16.8 Å². The number of benzene rings is 2. The summed E-state index contributed by atoms with van der Waals surface area (Å²) in [5.74, 6) is -0.357. The second-order valence-corrected chi connectivity index (χ2v) is 10.6. The van der Waals surface area contributed by atoms with Gasteiger partial charge in [0.1, 0.15) is 0 Å². The van der Waals surface area contributed by atoms with Crippen LogP contribution in [0.2, 0.25) is 0 Å². The molecule has 2 aromatic heterocycles. The van der Waals surface area contributed by atoms with Gasteiger partial charge in [0.2, 0.25) is 10.0 Å². The summed E-state index contributed by atoms with van der Waals surface area (Å²) in [5.41, 5.74) is 2.91. The molecule has 0 saturated heterocycles. The van der Waals surface area contributed by atoms with E-state index in [0.29, 0.717) is 10.7 Å². The van der Waals surface area contributed by atoms with Crippen LogP contribution in [-0.4, -0.2) is 34.6 Å². The first-order valence-corrected chi connectivity index (χ1v) is 13.0. The summed E-state index contributed by atoms with van der Waals surface area (Å²) in [5, 5.41) is 5.09. The van der Waals surface area contributed by atoms with E-state index < -0.39 is 10.0 Å². The number of carbonyl (C=O) groups is 1. The highest BCUT2D eigenvalue weighted by Gasteiger charge is 2.27. The lowest BCUT2D eigenvalue weighted by molar-refractivity contribution is 0.102. The lowest BCUT2D eigenvalue weighted by atomic mass is 10.2. The van der Waals surface area contributed by atoms with Crippen LogP contribution in [-0.2, 0) is 16.6 Å². The molecule has 174 valence electrons. The summed E-state index contributed by atoms with van der Waals surface area (Å²) in [4.78, 5) is 21.3. The Morgan fingerprint density at radius 1 is 1.00 bits per heavy atom. The molecular weight excluding hydrogens is 468 g/mol. The number of pyridine rings is 1. The van der Waals surface area contributed by atoms with E-state index >= 15 is 0 Å².